The van der Waals surface area contributed by atoms with Gasteiger partial charge >= 0.3 is 0 Å². The molecule has 2 amide bonds. The first kappa shape index (κ1) is 23.8. The minimum absolute atomic E-state index is 0.107. The zero-order chi connectivity index (χ0) is 22.1. The molecule has 1 atom stereocenters. The maximum atomic E-state index is 13.1. The monoisotopic (exact) mass is 451 g/mol. The number of nitrogens with zero attached hydrogens (tertiary/aromatic N) is 2. The number of ether oxygens (including phenoxy) is 2. The average Bonchev–Trinajstić information content (AvgIpc) is 2.79. The lowest BCUT2D eigenvalue weighted by Gasteiger charge is -2.43. The van der Waals surface area contributed by atoms with Crippen LogP contribution in [0.2, 0.25) is 5.02 Å². The summed E-state index contributed by atoms with van der Waals surface area (Å²) in [7, 11) is 0. The minimum atomic E-state index is -0.417. The van der Waals surface area contributed by atoms with E-state index in [0.717, 1.165) is 32.2 Å². The van der Waals surface area contributed by atoms with Gasteiger partial charge in [-0.3, -0.25) is 9.59 Å². The highest BCUT2D eigenvalue weighted by atomic mass is 35.5. The number of carbonyl (C=O) groups is 2. The van der Waals surface area contributed by atoms with E-state index >= 15 is 0 Å². The fraction of sp³-hybridized carbons (Fsp3) is 0.652. The van der Waals surface area contributed by atoms with Gasteiger partial charge in [0.05, 0.1) is 19.8 Å². The van der Waals surface area contributed by atoms with E-state index in [1.807, 2.05) is 21.9 Å². The first-order chi connectivity index (χ1) is 15.0. The summed E-state index contributed by atoms with van der Waals surface area (Å²) in [5.74, 6) is 0.923. The number of amides is 2. The van der Waals surface area contributed by atoms with E-state index in [1.54, 1.807) is 12.1 Å². The number of likely N-dealkylation sites (tertiary alicyclic amines) is 1. The summed E-state index contributed by atoms with van der Waals surface area (Å²) in [5.41, 5.74) is 5.15. The summed E-state index contributed by atoms with van der Waals surface area (Å²) in [4.78, 5) is 29.7. The number of nitrogens with two attached hydrogens (primary N) is 1. The quantitative estimate of drug-likeness (QED) is 0.583. The molecular formula is C23H34ClN3O4. The van der Waals surface area contributed by atoms with Crippen LogP contribution >= 0.6 is 11.6 Å². The Morgan fingerprint density at radius 3 is 2.68 bits per heavy atom. The summed E-state index contributed by atoms with van der Waals surface area (Å²) in [6.45, 7) is 4.61. The van der Waals surface area contributed by atoms with Crippen LogP contribution in [0.5, 0.6) is 5.75 Å². The predicted molar refractivity (Wildman–Crippen MR) is 120 cm³/mol. The van der Waals surface area contributed by atoms with E-state index < -0.39 is 5.41 Å². The molecule has 172 valence electrons. The van der Waals surface area contributed by atoms with Gasteiger partial charge in [0.15, 0.2) is 0 Å². The first-order valence-corrected chi connectivity index (χ1v) is 11.6. The maximum Gasteiger partial charge on any atom is 0.223 e. The fourth-order valence-electron chi connectivity index (χ4n) is 4.35. The molecule has 1 unspecified atom stereocenters. The van der Waals surface area contributed by atoms with Gasteiger partial charge in [-0.2, -0.15) is 0 Å². The highest BCUT2D eigenvalue weighted by molar-refractivity contribution is 6.30. The topological polar surface area (TPSA) is 85.1 Å². The van der Waals surface area contributed by atoms with Crippen molar-refractivity contribution in [2.45, 2.75) is 38.5 Å². The number of halogens is 1. The Kier molecular flexibility index (Phi) is 8.99. The van der Waals surface area contributed by atoms with Crippen LogP contribution < -0.4 is 10.5 Å². The highest BCUT2D eigenvalue weighted by Gasteiger charge is 2.41. The van der Waals surface area contributed by atoms with Crippen LogP contribution in [0.15, 0.2) is 24.3 Å². The van der Waals surface area contributed by atoms with Crippen LogP contribution in [0.3, 0.4) is 0 Å². The summed E-state index contributed by atoms with van der Waals surface area (Å²) in [6.07, 6.45) is 4.21. The standard InChI is InChI=1S/C23H34ClN3O4/c24-19-5-3-6-20(15-19)31-18-23(16-22(29)26-11-13-30-14-12-26)8-4-10-27(17-23)21(28)7-1-2-9-25/h3,5-6,15H,1-2,4,7-14,16-18,25H2. The molecule has 0 aromatic heterocycles. The molecule has 0 aliphatic carbocycles. The lowest BCUT2D eigenvalue weighted by atomic mass is 9.77. The number of hydrogen-bond donors (Lipinski definition) is 1. The number of hydrogen-bond acceptors (Lipinski definition) is 5. The number of unbranched alkanes of at least 4 members (excludes halogenated alkanes) is 1. The van der Waals surface area contributed by atoms with E-state index in [4.69, 9.17) is 26.8 Å². The molecule has 0 saturated carbocycles. The number of morpholine rings is 1. The predicted octanol–water partition coefficient (Wildman–Crippen LogP) is 2.71. The van der Waals surface area contributed by atoms with E-state index in [2.05, 4.69) is 0 Å². The van der Waals surface area contributed by atoms with Gasteiger partial charge < -0.3 is 25.0 Å². The number of piperidine rings is 1. The van der Waals surface area contributed by atoms with E-state index in [0.29, 0.717) is 69.6 Å². The molecule has 0 spiro atoms. The summed E-state index contributed by atoms with van der Waals surface area (Å²) in [6, 6.07) is 7.28. The molecule has 31 heavy (non-hydrogen) atoms. The molecule has 2 fully saturated rings. The Morgan fingerprint density at radius 1 is 1.13 bits per heavy atom. The first-order valence-electron chi connectivity index (χ1n) is 11.2. The Balaban J connectivity index is 1.70. The second kappa shape index (κ2) is 11.7. The second-order valence-electron chi connectivity index (χ2n) is 8.58. The zero-order valence-corrected chi connectivity index (χ0v) is 18.9. The van der Waals surface area contributed by atoms with Crippen molar-refractivity contribution < 1.29 is 19.1 Å². The van der Waals surface area contributed by atoms with Gasteiger partial charge in [-0.05, 0) is 50.4 Å². The van der Waals surface area contributed by atoms with Crippen LogP contribution in [-0.2, 0) is 14.3 Å². The SMILES string of the molecule is NCCCCC(=O)N1CCCC(COc2cccc(Cl)c2)(CC(=O)N2CCOCC2)C1. The molecule has 0 radical (unpaired) electrons. The summed E-state index contributed by atoms with van der Waals surface area (Å²) >= 11 is 6.10. The van der Waals surface area contributed by atoms with Crippen molar-refractivity contribution >= 4 is 23.4 Å². The van der Waals surface area contributed by atoms with E-state index in [9.17, 15) is 9.59 Å². The lowest BCUT2D eigenvalue weighted by molar-refractivity contribution is -0.143. The lowest BCUT2D eigenvalue weighted by Crippen LogP contribution is -2.52. The van der Waals surface area contributed by atoms with Crippen molar-refractivity contribution in [2.75, 3.05) is 52.5 Å². The zero-order valence-electron chi connectivity index (χ0n) is 18.2. The van der Waals surface area contributed by atoms with Gasteiger partial charge in [-0.1, -0.05) is 17.7 Å². The normalized spacial score (nSPS) is 21.7. The third-order valence-corrected chi connectivity index (χ3v) is 6.33. The number of benzene rings is 1. The summed E-state index contributed by atoms with van der Waals surface area (Å²) in [5, 5.41) is 0.608. The third kappa shape index (κ3) is 7.09. The van der Waals surface area contributed by atoms with Crippen molar-refractivity contribution in [3.8, 4) is 5.75 Å². The van der Waals surface area contributed by atoms with Gasteiger partial charge in [0, 0.05) is 49.5 Å². The van der Waals surface area contributed by atoms with Crippen LogP contribution in [0.25, 0.3) is 0 Å². The highest BCUT2D eigenvalue weighted by Crippen LogP contribution is 2.36. The molecule has 7 nitrogen and oxygen atoms in total. The van der Waals surface area contributed by atoms with Gasteiger partial charge in [-0.15, -0.1) is 0 Å². The molecule has 2 aliphatic heterocycles. The largest absolute Gasteiger partial charge is 0.493 e. The molecule has 2 heterocycles. The number of rotatable bonds is 9. The Bertz CT molecular complexity index is 741. The second-order valence-corrected chi connectivity index (χ2v) is 9.02. The Labute approximate surface area is 189 Å². The molecule has 1 aromatic rings. The van der Waals surface area contributed by atoms with Crippen LogP contribution in [0, 0.1) is 5.41 Å². The fourth-order valence-corrected chi connectivity index (χ4v) is 4.53. The van der Waals surface area contributed by atoms with Crippen molar-refractivity contribution in [3.05, 3.63) is 29.3 Å². The smallest absolute Gasteiger partial charge is 0.223 e. The molecular weight excluding hydrogens is 418 g/mol. The van der Waals surface area contributed by atoms with Gasteiger partial charge in [0.25, 0.3) is 0 Å². The maximum absolute atomic E-state index is 13.1. The van der Waals surface area contributed by atoms with Gasteiger partial charge in [0.1, 0.15) is 5.75 Å². The Hall–Kier alpha value is -1.83. The molecule has 8 heteroatoms. The molecule has 2 N–H and O–H groups in total. The third-order valence-electron chi connectivity index (χ3n) is 6.09. The molecule has 2 aliphatic rings. The molecule has 3 rings (SSSR count). The van der Waals surface area contributed by atoms with Crippen LogP contribution in [0.4, 0.5) is 0 Å². The van der Waals surface area contributed by atoms with Crippen molar-refractivity contribution in [3.63, 3.8) is 0 Å². The van der Waals surface area contributed by atoms with Crippen LogP contribution in [-0.4, -0.2) is 74.2 Å². The van der Waals surface area contributed by atoms with Gasteiger partial charge in [0.2, 0.25) is 11.8 Å². The average molecular weight is 452 g/mol. The van der Waals surface area contributed by atoms with Crippen molar-refractivity contribution in [1.29, 1.82) is 0 Å². The minimum Gasteiger partial charge on any atom is -0.493 e. The van der Waals surface area contributed by atoms with Crippen LogP contribution in [0.1, 0.15) is 38.5 Å². The van der Waals surface area contributed by atoms with Crippen molar-refractivity contribution in [1.82, 2.24) is 9.80 Å². The summed E-state index contributed by atoms with van der Waals surface area (Å²) < 4.78 is 11.5. The molecule has 1 aromatic carbocycles. The van der Waals surface area contributed by atoms with Crippen molar-refractivity contribution in [2.24, 2.45) is 11.1 Å². The molecule has 2 saturated heterocycles. The number of carbonyl (C=O) groups excluding carboxylic acids is 2. The van der Waals surface area contributed by atoms with E-state index in [-0.39, 0.29) is 11.8 Å². The Morgan fingerprint density at radius 2 is 1.94 bits per heavy atom. The van der Waals surface area contributed by atoms with Gasteiger partial charge in [-0.25, -0.2) is 0 Å². The molecule has 0 bridgehead atoms. The van der Waals surface area contributed by atoms with E-state index in [1.165, 1.54) is 0 Å².